The Morgan fingerprint density at radius 1 is 0.560 bits per heavy atom. The summed E-state index contributed by atoms with van der Waals surface area (Å²) in [6, 6.07) is 0. The Balaban J connectivity index is 1.46. The molecule has 0 bridgehead atoms. The number of unbranched alkanes of at least 4 members (excludes halogenated alkanes) is 4. The minimum absolute atomic E-state index is 1.04. The van der Waals surface area contributed by atoms with E-state index in [1.165, 1.54) is 123 Å². The molecule has 0 aromatic heterocycles. The normalized spacial score (nSPS) is 21.8. The lowest BCUT2D eigenvalue weighted by atomic mass is 9.87. The number of hydrogen-bond acceptors (Lipinski definition) is 2. The molecule has 0 unspecified atom stereocenters. The van der Waals surface area contributed by atoms with E-state index in [1.807, 2.05) is 0 Å². The van der Waals surface area contributed by atoms with Crippen molar-refractivity contribution in [1.82, 2.24) is 9.80 Å². The van der Waals surface area contributed by atoms with Gasteiger partial charge in [-0.15, -0.1) is 0 Å². The lowest BCUT2D eigenvalue weighted by Gasteiger charge is -2.33. The van der Waals surface area contributed by atoms with Gasteiger partial charge in [0.25, 0.3) is 0 Å². The van der Waals surface area contributed by atoms with Crippen LogP contribution in [0.5, 0.6) is 0 Å². The van der Waals surface area contributed by atoms with E-state index in [4.69, 9.17) is 0 Å². The Morgan fingerprint density at radius 3 is 1.32 bits per heavy atom. The van der Waals surface area contributed by atoms with Gasteiger partial charge >= 0.3 is 0 Å². The number of hydrogen-bond donors (Lipinski definition) is 0. The molecule has 0 spiro atoms. The second-order valence-electron chi connectivity index (χ2n) is 8.92. The molecule has 2 heteroatoms. The Morgan fingerprint density at radius 2 is 0.960 bits per heavy atom. The summed E-state index contributed by atoms with van der Waals surface area (Å²) in [6.07, 6.45) is 18.8. The molecule has 0 atom stereocenters. The Labute approximate surface area is 158 Å². The van der Waals surface area contributed by atoms with Gasteiger partial charge in [-0.25, -0.2) is 0 Å². The summed E-state index contributed by atoms with van der Waals surface area (Å²) in [7, 11) is 0. The van der Waals surface area contributed by atoms with Crippen LogP contribution in [-0.2, 0) is 0 Å². The molecule has 2 heterocycles. The van der Waals surface area contributed by atoms with E-state index in [2.05, 4.69) is 23.6 Å². The van der Waals surface area contributed by atoms with Gasteiger partial charge in [0.15, 0.2) is 0 Å². The van der Waals surface area contributed by atoms with E-state index in [9.17, 15) is 0 Å². The van der Waals surface area contributed by atoms with Crippen molar-refractivity contribution in [2.75, 3.05) is 39.3 Å². The molecule has 0 N–H and O–H groups in total. The van der Waals surface area contributed by atoms with Gasteiger partial charge in [0, 0.05) is 0 Å². The van der Waals surface area contributed by atoms with E-state index in [1.54, 1.807) is 0 Å². The van der Waals surface area contributed by atoms with Crippen LogP contribution in [0.4, 0.5) is 0 Å². The second-order valence-corrected chi connectivity index (χ2v) is 8.92. The van der Waals surface area contributed by atoms with Crippen LogP contribution in [0.3, 0.4) is 0 Å². The summed E-state index contributed by atoms with van der Waals surface area (Å²) in [4.78, 5) is 5.45. The predicted molar refractivity (Wildman–Crippen MR) is 111 cm³/mol. The third-order valence-electron chi connectivity index (χ3n) is 6.79. The van der Waals surface area contributed by atoms with Crippen molar-refractivity contribution in [3.63, 3.8) is 0 Å². The first-order valence-corrected chi connectivity index (χ1v) is 11.8. The maximum Gasteiger partial charge on any atom is -0.00161 e. The molecule has 2 aliphatic rings. The van der Waals surface area contributed by atoms with E-state index in [0.29, 0.717) is 0 Å². The number of likely N-dealkylation sites (tertiary alicyclic amines) is 2. The van der Waals surface area contributed by atoms with E-state index < -0.39 is 0 Å². The SMILES string of the molecule is CCCCCN1CCC(CCCC2CCN(CCCCC)CC2)CC1. The van der Waals surface area contributed by atoms with Crippen molar-refractivity contribution >= 4 is 0 Å². The van der Waals surface area contributed by atoms with Gasteiger partial charge in [0.2, 0.25) is 0 Å². The highest BCUT2D eigenvalue weighted by molar-refractivity contribution is 4.75. The lowest BCUT2D eigenvalue weighted by molar-refractivity contribution is 0.160. The van der Waals surface area contributed by atoms with Crippen LogP contribution in [-0.4, -0.2) is 49.1 Å². The van der Waals surface area contributed by atoms with Gasteiger partial charge < -0.3 is 9.80 Å². The molecule has 0 saturated carbocycles. The average Bonchev–Trinajstić information content (AvgIpc) is 2.65. The van der Waals surface area contributed by atoms with Crippen molar-refractivity contribution in [2.24, 2.45) is 11.8 Å². The van der Waals surface area contributed by atoms with Gasteiger partial charge in [0.1, 0.15) is 0 Å². The number of rotatable bonds is 12. The zero-order valence-corrected chi connectivity index (χ0v) is 17.5. The highest BCUT2D eigenvalue weighted by Gasteiger charge is 2.21. The van der Waals surface area contributed by atoms with Gasteiger partial charge in [0.05, 0.1) is 0 Å². The molecule has 148 valence electrons. The third kappa shape index (κ3) is 8.91. The second kappa shape index (κ2) is 13.1. The fraction of sp³-hybridized carbons (Fsp3) is 1.00. The van der Waals surface area contributed by atoms with Gasteiger partial charge in [-0.3, -0.25) is 0 Å². The van der Waals surface area contributed by atoms with Crippen LogP contribution in [0.2, 0.25) is 0 Å². The average molecular weight is 351 g/mol. The van der Waals surface area contributed by atoms with Crippen molar-refractivity contribution < 1.29 is 0 Å². The molecule has 0 aromatic carbocycles. The maximum atomic E-state index is 2.72. The molecule has 0 amide bonds. The first-order chi connectivity index (χ1) is 12.3. The summed E-state index contributed by atoms with van der Waals surface area (Å²) in [5, 5.41) is 0. The summed E-state index contributed by atoms with van der Waals surface area (Å²) in [5.41, 5.74) is 0. The van der Waals surface area contributed by atoms with E-state index in [0.717, 1.165) is 11.8 Å². The topological polar surface area (TPSA) is 6.48 Å². The van der Waals surface area contributed by atoms with Crippen molar-refractivity contribution in [3.8, 4) is 0 Å². The van der Waals surface area contributed by atoms with Crippen LogP contribution in [0, 0.1) is 11.8 Å². The molecule has 2 rings (SSSR count). The minimum atomic E-state index is 1.04. The quantitative estimate of drug-likeness (QED) is 0.401. The van der Waals surface area contributed by atoms with Crippen molar-refractivity contribution in [1.29, 1.82) is 0 Å². The molecule has 2 saturated heterocycles. The van der Waals surface area contributed by atoms with Crippen LogP contribution in [0.1, 0.15) is 97.3 Å². The zero-order chi connectivity index (χ0) is 17.7. The molecule has 2 fully saturated rings. The molecule has 2 nitrogen and oxygen atoms in total. The highest BCUT2D eigenvalue weighted by Crippen LogP contribution is 2.27. The van der Waals surface area contributed by atoms with Crippen LogP contribution in [0.25, 0.3) is 0 Å². The minimum Gasteiger partial charge on any atom is -0.303 e. The Bertz CT molecular complexity index is 271. The first-order valence-electron chi connectivity index (χ1n) is 11.8. The van der Waals surface area contributed by atoms with E-state index in [-0.39, 0.29) is 0 Å². The molecule has 0 radical (unpaired) electrons. The largest absolute Gasteiger partial charge is 0.303 e. The first kappa shape index (κ1) is 21.2. The fourth-order valence-corrected chi connectivity index (χ4v) is 4.86. The summed E-state index contributed by atoms with van der Waals surface area (Å²) in [6.45, 7) is 12.9. The molecule has 2 aliphatic heterocycles. The molecule has 0 aromatic rings. The Kier molecular flexibility index (Phi) is 11.2. The number of piperidine rings is 2. The zero-order valence-electron chi connectivity index (χ0n) is 17.5. The molecular weight excluding hydrogens is 304 g/mol. The van der Waals surface area contributed by atoms with Crippen molar-refractivity contribution in [3.05, 3.63) is 0 Å². The van der Waals surface area contributed by atoms with Crippen LogP contribution in [0.15, 0.2) is 0 Å². The summed E-state index contributed by atoms with van der Waals surface area (Å²) < 4.78 is 0. The fourth-order valence-electron chi connectivity index (χ4n) is 4.86. The number of nitrogens with zero attached hydrogens (tertiary/aromatic N) is 2. The summed E-state index contributed by atoms with van der Waals surface area (Å²) in [5.74, 6) is 2.08. The molecule has 0 aliphatic carbocycles. The van der Waals surface area contributed by atoms with Gasteiger partial charge in [-0.1, -0.05) is 58.8 Å². The predicted octanol–water partition coefficient (Wildman–Crippen LogP) is 5.96. The standard InChI is InChI=1S/C23H46N2/c1-3-5-7-16-24-18-12-22(13-19-24)10-9-11-23-14-20-25(21-15-23)17-8-6-4-2/h22-23H,3-21H2,1-2H3. The Hall–Kier alpha value is -0.0800. The smallest absolute Gasteiger partial charge is 0.00161 e. The lowest BCUT2D eigenvalue weighted by Crippen LogP contribution is -2.35. The highest BCUT2D eigenvalue weighted by atomic mass is 15.1. The summed E-state index contributed by atoms with van der Waals surface area (Å²) >= 11 is 0. The van der Waals surface area contributed by atoms with Gasteiger partial charge in [-0.2, -0.15) is 0 Å². The monoisotopic (exact) mass is 350 g/mol. The van der Waals surface area contributed by atoms with Crippen LogP contribution >= 0.6 is 0 Å². The molecule has 25 heavy (non-hydrogen) atoms. The van der Waals surface area contributed by atoms with Gasteiger partial charge in [-0.05, 0) is 89.6 Å². The molecular formula is C23H46N2. The maximum absolute atomic E-state index is 2.72. The third-order valence-corrected chi connectivity index (χ3v) is 6.79. The van der Waals surface area contributed by atoms with Crippen molar-refractivity contribution in [2.45, 2.75) is 97.3 Å². The van der Waals surface area contributed by atoms with E-state index >= 15 is 0 Å². The van der Waals surface area contributed by atoms with Crippen LogP contribution < -0.4 is 0 Å².